The first-order valence-corrected chi connectivity index (χ1v) is 9.95. The molecule has 0 N–H and O–H groups in total. The highest BCUT2D eigenvalue weighted by atomic mass is 16.6. The predicted octanol–water partition coefficient (Wildman–Crippen LogP) is 1.01. The first kappa shape index (κ1) is 21.5. The maximum absolute atomic E-state index is 12.4. The van der Waals surface area contributed by atoms with E-state index in [2.05, 4.69) is 11.8 Å². The molecule has 2 fully saturated rings. The Morgan fingerprint density at radius 1 is 0.741 bits per heavy atom. The molecule has 0 aromatic heterocycles. The van der Waals surface area contributed by atoms with Gasteiger partial charge in [-0.3, -0.25) is 9.59 Å². The largest absolute Gasteiger partial charge is 0.444 e. The first-order valence-electron chi connectivity index (χ1n) is 9.95. The van der Waals surface area contributed by atoms with E-state index < -0.39 is 5.60 Å². The summed E-state index contributed by atoms with van der Waals surface area (Å²) in [5, 5.41) is 0. The van der Waals surface area contributed by atoms with E-state index >= 15 is 0 Å². The lowest BCUT2D eigenvalue weighted by molar-refractivity contribution is -0.138. The summed E-state index contributed by atoms with van der Waals surface area (Å²) in [4.78, 5) is 44.3. The van der Waals surface area contributed by atoms with Crippen molar-refractivity contribution >= 4 is 17.9 Å². The van der Waals surface area contributed by atoms with Crippen molar-refractivity contribution in [3.8, 4) is 0 Å². The third kappa shape index (κ3) is 6.68. The Morgan fingerprint density at radius 3 is 1.56 bits per heavy atom. The quantitative estimate of drug-likeness (QED) is 0.726. The number of ether oxygens (including phenoxy) is 1. The van der Waals surface area contributed by atoms with Crippen molar-refractivity contribution in [1.29, 1.82) is 0 Å². The third-order valence-electron chi connectivity index (χ3n) is 5.01. The molecule has 8 nitrogen and oxygen atoms in total. The number of amides is 3. The molecule has 3 amide bonds. The summed E-state index contributed by atoms with van der Waals surface area (Å²) in [5.41, 5.74) is -0.521. The van der Waals surface area contributed by atoms with Gasteiger partial charge in [-0.05, 0) is 27.3 Å². The van der Waals surface area contributed by atoms with Crippen LogP contribution in [0.5, 0.6) is 0 Å². The van der Waals surface area contributed by atoms with Gasteiger partial charge in [0.1, 0.15) is 5.60 Å². The van der Waals surface area contributed by atoms with Crippen LogP contribution in [0.4, 0.5) is 4.79 Å². The van der Waals surface area contributed by atoms with Crippen LogP contribution < -0.4 is 0 Å². The van der Waals surface area contributed by atoms with Crippen molar-refractivity contribution in [3.63, 3.8) is 0 Å². The molecule has 0 atom stereocenters. The molecule has 0 bridgehead atoms. The normalized spacial score (nSPS) is 19.2. The molecule has 0 unspecified atom stereocenters. The van der Waals surface area contributed by atoms with Gasteiger partial charge in [-0.2, -0.15) is 0 Å². The SMILES string of the molecule is CCN1CCN(C(=O)CCC(=O)N2CCN(C(=O)OC(C)(C)C)CC2)CC1. The molecular formula is C19H34N4O4. The molecule has 8 heteroatoms. The fourth-order valence-electron chi connectivity index (χ4n) is 3.31. The second-order valence-corrected chi connectivity index (χ2v) is 8.16. The molecule has 2 rings (SSSR count). The highest BCUT2D eigenvalue weighted by Gasteiger charge is 2.28. The Balaban J connectivity index is 1.69. The van der Waals surface area contributed by atoms with Crippen molar-refractivity contribution in [2.45, 2.75) is 46.1 Å². The topological polar surface area (TPSA) is 73.4 Å². The minimum Gasteiger partial charge on any atom is -0.444 e. The monoisotopic (exact) mass is 382 g/mol. The van der Waals surface area contributed by atoms with Gasteiger partial charge in [0.05, 0.1) is 0 Å². The van der Waals surface area contributed by atoms with Crippen LogP contribution in [-0.4, -0.2) is 102 Å². The fourth-order valence-corrected chi connectivity index (χ4v) is 3.31. The zero-order chi connectivity index (χ0) is 20.0. The summed E-state index contributed by atoms with van der Waals surface area (Å²) < 4.78 is 5.36. The van der Waals surface area contributed by atoms with Gasteiger partial charge in [0.25, 0.3) is 0 Å². The molecule has 2 aliphatic rings. The van der Waals surface area contributed by atoms with Crippen molar-refractivity contribution < 1.29 is 19.1 Å². The number of nitrogens with zero attached hydrogens (tertiary/aromatic N) is 4. The Morgan fingerprint density at radius 2 is 1.15 bits per heavy atom. The highest BCUT2D eigenvalue weighted by Crippen LogP contribution is 2.13. The van der Waals surface area contributed by atoms with E-state index in [0.717, 1.165) is 32.7 Å². The van der Waals surface area contributed by atoms with E-state index in [1.54, 1.807) is 9.80 Å². The summed E-state index contributed by atoms with van der Waals surface area (Å²) in [6, 6.07) is 0. The molecule has 154 valence electrons. The smallest absolute Gasteiger partial charge is 0.410 e. The maximum Gasteiger partial charge on any atom is 0.410 e. The lowest BCUT2D eigenvalue weighted by Gasteiger charge is -2.36. The minimum absolute atomic E-state index is 0.0145. The molecule has 0 aromatic carbocycles. The number of hydrogen-bond acceptors (Lipinski definition) is 5. The number of carbonyl (C=O) groups excluding carboxylic acids is 3. The van der Waals surface area contributed by atoms with Crippen LogP contribution in [0.15, 0.2) is 0 Å². The van der Waals surface area contributed by atoms with Gasteiger partial charge in [-0.15, -0.1) is 0 Å². The number of piperazine rings is 2. The van der Waals surface area contributed by atoms with Crippen molar-refractivity contribution in [2.24, 2.45) is 0 Å². The van der Waals surface area contributed by atoms with Gasteiger partial charge in [0, 0.05) is 65.2 Å². The molecule has 27 heavy (non-hydrogen) atoms. The maximum atomic E-state index is 12.4. The van der Waals surface area contributed by atoms with E-state index in [9.17, 15) is 14.4 Å². The lowest BCUT2D eigenvalue weighted by atomic mass is 10.2. The molecule has 0 radical (unpaired) electrons. The van der Waals surface area contributed by atoms with Gasteiger partial charge in [0.15, 0.2) is 0 Å². The van der Waals surface area contributed by atoms with E-state index in [1.807, 2.05) is 25.7 Å². The van der Waals surface area contributed by atoms with Crippen LogP contribution in [0.3, 0.4) is 0 Å². The molecule has 0 spiro atoms. The van der Waals surface area contributed by atoms with Crippen LogP contribution in [-0.2, 0) is 14.3 Å². The molecule has 0 saturated carbocycles. The molecule has 2 aliphatic heterocycles. The number of hydrogen-bond donors (Lipinski definition) is 0. The molecule has 0 aromatic rings. The van der Waals surface area contributed by atoms with E-state index in [-0.39, 0.29) is 30.7 Å². The first-order chi connectivity index (χ1) is 12.7. The average molecular weight is 383 g/mol. The number of likely N-dealkylation sites (N-methyl/N-ethyl adjacent to an activating group) is 1. The third-order valence-corrected chi connectivity index (χ3v) is 5.01. The average Bonchev–Trinajstić information content (AvgIpc) is 2.64. The van der Waals surface area contributed by atoms with Crippen LogP contribution in [0.2, 0.25) is 0 Å². The second kappa shape index (κ2) is 9.39. The highest BCUT2D eigenvalue weighted by molar-refractivity contribution is 5.84. The summed E-state index contributed by atoms with van der Waals surface area (Å²) in [5.74, 6) is 0.0471. The van der Waals surface area contributed by atoms with Crippen LogP contribution in [0.1, 0.15) is 40.5 Å². The lowest BCUT2D eigenvalue weighted by Crippen LogP contribution is -2.52. The van der Waals surface area contributed by atoms with Crippen LogP contribution >= 0.6 is 0 Å². The van der Waals surface area contributed by atoms with Crippen LogP contribution in [0.25, 0.3) is 0 Å². The van der Waals surface area contributed by atoms with Gasteiger partial charge in [-0.1, -0.05) is 6.92 Å². The van der Waals surface area contributed by atoms with Crippen molar-refractivity contribution in [1.82, 2.24) is 19.6 Å². The standard InChI is InChI=1S/C19H34N4O4/c1-5-20-8-10-21(11-9-20)16(24)6-7-17(25)22-12-14-23(15-13-22)18(26)27-19(2,3)4/h5-15H2,1-4H3. The van der Waals surface area contributed by atoms with Gasteiger partial charge < -0.3 is 24.3 Å². The fraction of sp³-hybridized carbons (Fsp3) is 0.842. The minimum atomic E-state index is -0.521. The van der Waals surface area contributed by atoms with Gasteiger partial charge in [-0.25, -0.2) is 4.79 Å². The van der Waals surface area contributed by atoms with E-state index in [4.69, 9.17) is 4.74 Å². The summed E-state index contributed by atoms with van der Waals surface area (Å²) in [7, 11) is 0. The van der Waals surface area contributed by atoms with Gasteiger partial charge in [0.2, 0.25) is 11.8 Å². The van der Waals surface area contributed by atoms with Crippen molar-refractivity contribution in [3.05, 3.63) is 0 Å². The van der Waals surface area contributed by atoms with Crippen molar-refractivity contribution in [2.75, 3.05) is 58.9 Å². The molecule has 2 heterocycles. The zero-order valence-electron chi connectivity index (χ0n) is 17.2. The predicted molar refractivity (Wildman–Crippen MR) is 102 cm³/mol. The Kier molecular flexibility index (Phi) is 7.47. The summed E-state index contributed by atoms with van der Waals surface area (Å²) in [6.45, 7) is 13.9. The summed E-state index contributed by atoms with van der Waals surface area (Å²) in [6.07, 6.45) is 0.159. The second-order valence-electron chi connectivity index (χ2n) is 8.16. The van der Waals surface area contributed by atoms with E-state index in [0.29, 0.717) is 26.2 Å². The zero-order valence-corrected chi connectivity index (χ0v) is 17.2. The summed E-state index contributed by atoms with van der Waals surface area (Å²) >= 11 is 0. The Bertz CT molecular complexity index is 530. The molecule has 2 saturated heterocycles. The Hall–Kier alpha value is -1.83. The van der Waals surface area contributed by atoms with Crippen LogP contribution in [0, 0.1) is 0 Å². The van der Waals surface area contributed by atoms with E-state index in [1.165, 1.54) is 0 Å². The number of rotatable bonds is 4. The molecular weight excluding hydrogens is 348 g/mol. The number of carbonyl (C=O) groups is 3. The van der Waals surface area contributed by atoms with Gasteiger partial charge >= 0.3 is 6.09 Å². The Labute approximate surface area is 162 Å². The molecule has 0 aliphatic carbocycles.